The number of para-hydroxylation sites is 1. The fourth-order valence-corrected chi connectivity index (χ4v) is 5.80. The summed E-state index contributed by atoms with van der Waals surface area (Å²) in [6.07, 6.45) is 1.82. The van der Waals surface area contributed by atoms with Crippen LogP contribution in [0.1, 0.15) is 4.88 Å². The van der Waals surface area contributed by atoms with Crippen molar-refractivity contribution < 1.29 is 4.79 Å². The van der Waals surface area contributed by atoms with Crippen molar-refractivity contribution in [1.82, 2.24) is 10.3 Å². The molecule has 10 heteroatoms. The number of thiazole rings is 1. The predicted octanol–water partition coefficient (Wildman–Crippen LogP) is 6.03. The van der Waals surface area contributed by atoms with E-state index in [0.717, 1.165) is 48.4 Å². The topological polar surface area (TPSA) is 78.1 Å². The maximum absolute atomic E-state index is 11.8. The summed E-state index contributed by atoms with van der Waals surface area (Å²) in [6, 6.07) is 20.1. The van der Waals surface area contributed by atoms with Gasteiger partial charge in [-0.3, -0.25) is 15.6 Å². The number of carbonyl (C=O) groups is 1. The summed E-state index contributed by atoms with van der Waals surface area (Å²) in [7, 11) is 0. The molecule has 1 saturated heterocycles. The standard InChI is InChI=1S/C21H15N5OS4/c27-19-16(23-21(28)31-19)10-15-11-17-18(29-15)24-20(30-17)26-25-14-8-6-13(7-9-14)22-12-4-2-1-3-5-12/h1-11,22,25H,(H,23,28)(H,24,26)/b16-10+. The molecule has 0 spiro atoms. The Morgan fingerprint density at radius 1 is 0.935 bits per heavy atom. The third-order valence-electron chi connectivity index (χ3n) is 4.30. The van der Waals surface area contributed by atoms with Crippen LogP contribution in [-0.4, -0.2) is 14.4 Å². The van der Waals surface area contributed by atoms with Gasteiger partial charge in [0.15, 0.2) is 0 Å². The average Bonchev–Trinajstić information content (AvgIpc) is 3.41. The highest BCUT2D eigenvalue weighted by Crippen LogP contribution is 2.34. The monoisotopic (exact) mass is 481 g/mol. The minimum Gasteiger partial charge on any atom is -0.356 e. The minimum absolute atomic E-state index is 0.0498. The highest BCUT2D eigenvalue weighted by molar-refractivity contribution is 8.33. The number of thiophene rings is 1. The smallest absolute Gasteiger partial charge is 0.242 e. The number of nitrogens with one attached hydrogen (secondary N) is 4. The summed E-state index contributed by atoms with van der Waals surface area (Å²) < 4.78 is 1.55. The number of aromatic nitrogens is 1. The molecule has 0 unspecified atom stereocenters. The van der Waals surface area contributed by atoms with E-state index in [1.54, 1.807) is 11.3 Å². The molecule has 2 aromatic carbocycles. The average molecular weight is 482 g/mol. The highest BCUT2D eigenvalue weighted by atomic mass is 32.2. The maximum atomic E-state index is 11.8. The summed E-state index contributed by atoms with van der Waals surface area (Å²) in [4.78, 5) is 18.3. The van der Waals surface area contributed by atoms with Crippen LogP contribution in [0.4, 0.5) is 22.2 Å². The largest absolute Gasteiger partial charge is 0.356 e. The van der Waals surface area contributed by atoms with Gasteiger partial charge in [-0.25, -0.2) is 4.98 Å². The SMILES string of the molecule is O=C1SC(=S)N/C1=C/c1cc2sc(NNc3ccc(Nc4ccccc4)cc3)nc2s1. The quantitative estimate of drug-likeness (QED) is 0.151. The zero-order valence-corrected chi connectivity index (χ0v) is 19.1. The molecular formula is C21H15N5OS4. The number of hydrogen-bond donors (Lipinski definition) is 4. The summed E-state index contributed by atoms with van der Waals surface area (Å²) in [5, 5.41) is 7.01. The molecule has 4 N–H and O–H groups in total. The third kappa shape index (κ3) is 4.72. The number of thioether (sulfide) groups is 1. The first-order chi connectivity index (χ1) is 15.1. The summed E-state index contributed by atoms with van der Waals surface area (Å²) in [6.45, 7) is 0. The minimum atomic E-state index is -0.0498. The van der Waals surface area contributed by atoms with Gasteiger partial charge in [0.25, 0.3) is 0 Å². The Hall–Kier alpha value is -2.92. The molecule has 4 aromatic rings. The highest BCUT2D eigenvalue weighted by Gasteiger charge is 2.22. The van der Waals surface area contributed by atoms with Crippen molar-refractivity contribution >= 4 is 93.9 Å². The number of rotatable bonds is 6. The number of anilines is 4. The number of carbonyl (C=O) groups excluding carboxylic acids is 1. The first kappa shape index (κ1) is 20.0. The van der Waals surface area contributed by atoms with Gasteiger partial charge < -0.3 is 10.6 Å². The van der Waals surface area contributed by atoms with Crippen LogP contribution in [0, 0.1) is 0 Å². The van der Waals surface area contributed by atoms with Gasteiger partial charge in [-0.15, -0.1) is 11.3 Å². The van der Waals surface area contributed by atoms with Gasteiger partial charge in [-0.2, -0.15) is 0 Å². The van der Waals surface area contributed by atoms with Crippen LogP contribution in [-0.2, 0) is 4.79 Å². The van der Waals surface area contributed by atoms with Crippen LogP contribution < -0.4 is 21.5 Å². The summed E-state index contributed by atoms with van der Waals surface area (Å²) in [5.41, 5.74) is 9.85. The fourth-order valence-electron chi connectivity index (χ4n) is 2.89. The number of fused-ring (bicyclic) bond motifs is 1. The first-order valence-electron chi connectivity index (χ1n) is 9.22. The van der Waals surface area contributed by atoms with E-state index in [1.165, 1.54) is 11.3 Å². The molecule has 154 valence electrons. The molecule has 5 rings (SSSR count). The van der Waals surface area contributed by atoms with Crippen molar-refractivity contribution in [3.8, 4) is 0 Å². The van der Waals surface area contributed by atoms with Gasteiger partial charge >= 0.3 is 0 Å². The van der Waals surface area contributed by atoms with E-state index >= 15 is 0 Å². The lowest BCUT2D eigenvalue weighted by Gasteiger charge is -2.09. The van der Waals surface area contributed by atoms with Gasteiger partial charge in [0.05, 0.1) is 16.1 Å². The molecule has 1 aliphatic heterocycles. The zero-order valence-electron chi connectivity index (χ0n) is 15.8. The van der Waals surface area contributed by atoms with Gasteiger partial charge in [0.2, 0.25) is 10.2 Å². The molecule has 0 bridgehead atoms. The van der Waals surface area contributed by atoms with E-state index in [-0.39, 0.29) is 5.12 Å². The molecule has 1 aliphatic rings. The molecule has 2 aromatic heterocycles. The van der Waals surface area contributed by atoms with Gasteiger partial charge in [-0.05, 0) is 60.3 Å². The molecule has 0 saturated carbocycles. The van der Waals surface area contributed by atoms with Crippen molar-refractivity contribution in [1.29, 1.82) is 0 Å². The van der Waals surface area contributed by atoms with E-state index in [4.69, 9.17) is 12.2 Å². The zero-order chi connectivity index (χ0) is 21.2. The van der Waals surface area contributed by atoms with Crippen molar-refractivity contribution in [2.24, 2.45) is 0 Å². The molecule has 31 heavy (non-hydrogen) atoms. The van der Waals surface area contributed by atoms with E-state index in [0.29, 0.717) is 10.0 Å². The Kier molecular flexibility index (Phi) is 5.60. The number of hydrazine groups is 1. The fraction of sp³-hybridized carbons (Fsp3) is 0. The normalized spacial score (nSPS) is 14.8. The van der Waals surface area contributed by atoms with Crippen LogP contribution >= 0.6 is 46.7 Å². The van der Waals surface area contributed by atoms with Crippen molar-refractivity contribution in [3.05, 3.63) is 71.2 Å². The molecule has 3 heterocycles. The lowest BCUT2D eigenvalue weighted by Crippen LogP contribution is -2.09. The van der Waals surface area contributed by atoms with E-state index < -0.39 is 0 Å². The second-order valence-corrected chi connectivity index (χ2v) is 10.3. The van der Waals surface area contributed by atoms with Crippen molar-refractivity contribution in [2.75, 3.05) is 16.2 Å². The first-order valence-corrected chi connectivity index (χ1v) is 12.1. The second-order valence-electron chi connectivity index (χ2n) is 6.52. The van der Waals surface area contributed by atoms with Crippen LogP contribution in [0.25, 0.3) is 15.6 Å². The molecule has 6 nitrogen and oxygen atoms in total. The van der Waals surface area contributed by atoms with Crippen LogP contribution in [0.5, 0.6) is 0 Å². The Morgan fingerprint density at radius 2 is 1.68 bits per heavy atom. The Labute approximate surface area is 195 Å². The van der Waals surface area contributed by atoms with E-state index in [9.17, 15) is 4.79 Å². The van der Waals surface area contributed by atoms with Crippen LogP contribution in [0.15, 0.2) is 66.4 Å². The van der Waals surface area contributed by atoms with E-state index in [1.807, 2.05) is 66.7 Å². The second kappa shape index (κ2) is 8.67. The molecular weight excluding hydrogens is 467 g/mol. The number of hydrogen-bond acceptors (Lipinski definition) is 9. The summed E-state index contributed by atoms with van der Waals surface area (Å²) >= 11 is 9.16. The lowest BCUT2D eigenvalue weighted by atomic mass is 10.2. The van der Waals surface area contributed by atoms with Gasteiger partial charge in [0, 0.05) is 16.3 Å². The van der Waals surface area contributed by atoms with Crippen molar-refractivity contribution in [3.63, 3.8) is 0 Å². The molecule has 1 fully saturated rings. The van der Waals surface area contributed by atoms with Gasteiger partial charge in [-0.1, -0.05) is 41.8 Å². The molecule has 0 radical (unpaired) electrons. The molecule has 0 amide bonds. The molecule has 0 aliphatic carbocycles. The maximum Gasteiger partial charge on any atom is 0.242 e. The lowest BCUT2D eigenvalue weighted by molar-refractivity contribution is -0.107. The van der Waals surface area contributed by atoms with Crippen LogP contribution in [0.2, 0.25) is 0 Å². The number of benzene rings is 2. The Balaban J connectivity index is 1.21. The van der Waals surface area contributed by atoms with Gasteiger partial charge in [0.1, 0.15) is 9.15 Å². The Bertz CT molecular complexity index is 1260. The predicted molar refractivity (Wildman–Crippen MR) is 137 cm³/mol. The molecule has 0 atom stereocenters. The van der Waals surface area contributed by atoms with Crippen molar-refractivity contribution in [2.45, 2.75) is 0 Å². The number of thiocarbonyl (C=S) groups is 1. The Morgan fingerprint density at radius 3 is 2.39 bits per heavy atom. The third-order valence-corrected chi connectivity index (χ3v) is 7.37. The number of nitrogens with zero attached hydrogens (tertiary/aromatic N) is 1. The summed E-state index contributed by atoms with van der Waals surface area (Å²) in [5.74, 6) is 0. The van der Waals surface area contributed by atoms with Crippen LogP contribution in [0.3, 0.4) is 0 Å². The van der Waals surface area contributed by atoms with E-state index in [2.05, 4.69) is 26.5 Å².